The molecule has 1 aliphatic rings. The Kier molecular flexibility index (Phi) is 4.07. The van der Waals surface area contributed by atoms with Crippen molar-refractivity contribution in [2.45, 2.75) is 0 Å². The van der Waals surface area contributed by atoms with Gasteiger partial charge >= 0.3 is 0 Å². The molecule has 4 aromatic carbocycles. The second kappa shape index (κ2) is 6.88. The third kappa shape index (κ3) is 3.03. The molecule has 0 fully saturated rings. The van der Waals surface area contributed by atoms with Gasteiger partial charge in [0, 0.05) is 12.1 Å². The highest BCUT2D eigenvalue weighted by molar-refractivity contribution is 6.07. The standard InChI is InChI=1S/C26H17NO2/c28-27(29)21-14-15-24-22-8-4-5-9-23(22)25(26(24)17-21)16-18-10-12-20(13-11-18)19-6-2-1-3-7-19/h1-17H/b25-16+. The molecule has 3 heteroatoms. The first-order chi connectivity index (χ1) is 14.2. The Labute approximate surface area is 168 Å². The van der Waals surface area contributed by atoms with E-state index >= 15 is 0 Å². The molecule has 1 aliphatic carbocycles. The number of fused-ring (bicyclic) bond motifs is 3. The summed E-state index contributed by atoms with van der Waals surface area (Å²) in [7, 11) is 0. The van der Waals surface area contributed by atoms with Gasteiger partial charge in [0.15, 0.2) is 0 Å². The highest BCUT2D eigenvalue weighted by Crippen LogP contribution is 2.46. The third-order valence-corrected chi connectivity index (χ3v) is 5.34. The molecule has 0 saturated carbocycles. The van der Waals surface area contributed by atoms with E-state index in [2.05, 4.69) is 54.6 Å². The van der Waals surface area contributed by atoms with Crippen molar-refractivity contribution in [1.29, 1.82) is 0 Å². The van der Waals surface area contributed by atoms with Crippen LogP contribution in [0.4, 0.5) is 5.69 Å². The van der Waals surface area contributed by atoms with Crippen molar-refractivity contribution in [1.82, 2.24) is 0 Å². The summed E-state index contributed by atoms with van der Waals surface area (Å²) in [5, 5.41) is 11.3. The predicted octanol–water partition coefficient (Wildman–Crippen LogP) is 6.83. The van der Waals surface area contributed by atoms with Gasteiger partial charge in [0.2, 0.25) is 0 Å². The zero-order chi connectivity index (χ0) is 19.8. The van der Waals surface area contributed by atoms with E-state index in [-0.39, 0.29) is 10.6 Å². The summed E-state index contributed by atoms with van der Waals surface area (Å²) in [5.74, 6) is 0. The summed E-state index contributed by atoms with van der Waals surface area (Å²) in [6, 6.07) is 31.9. The number of hydrogen-bond acceptors (Lipinski definition) is 2. The second-order valence-electron chi connectivity index (χ2n) is 7.08. The Morgan fingerprint density at radius 3 is 1.97 bits per heavy atom. The largest absolute Gasteiger partial charge is 0.270 e. The van der Waals surface area contributed by atoms with E-state index in [0.717, 1.165) is 39.0 Å². The van der Waals surface area contributed by atoms with Gasteiger partial charge < -0.3 is 0 Å². The first kappa shape index (κ1) is 17.1. The van der Waals surface area contributed by atoms with Gasteiger partial charge in [0.25, 0.3) is 5.69 Å². The molecule has 0 bridgehead atoms. The molecular weight excluding hydrogens is 358 g/mol. The minimum atomic E-state index is -0.338. The third-order valence-electron chi connectivity index (χ3n) is 5.34. The number of nitrogens with zero attached hydrogens (tertiary/aromatic N) is 1. The van der Waals surface area contributed by atoms with Crippen molar-refractivity contribution in [3.8, 4) is 22.3 Å². The Morgan fingerprint density at radius 2 is 1.24 bits per heavy atom. The molecule has 0 atom stereocenters. The van der Waals surface area contributed by atoms with Crippen LogP contribution in [0.5, 0.6) is 0 Å². The Hall–Kier alpha value is -3.98. The van der Waals surface area contributed by atoms with E-state index in [1.807, 2.05) is 36.4 Å². The maximum Gasteiger partial charge on any atom is 0.270 e. The lowest BCUT2D eigenvalue weighted by Gasteiger charge is -2.05. The van der Waals surface area contributed by atoms with Gasteiger partial charge in [-0.2, -0.15) is 0 Å². The smallest absolute Gasteiger partial charge is 0.258 e. The van der Waals surface area contributed by atoms with Gasteiger partial charge in [-0.15, -0.1) is 0 Å². The number of benzene rings is 4. The summed E-state index contributed by atoms with van der Waals surface area (Å²) < 4.78 is 0. The van der Waals surface area contributed by atoms with Gasteiger partial charge in [-0.1, -0.05) is 78.9 Å². The number of nitro benzene ring substituents is 1. The van der Waals surface area contributed by atoms with Crippen molar-refractivity contribution in [3.05, 3.63) is 124 Å². The number of nitro groups is 1. The first-order valence-electron chi connectivity index (χ1n) is 9.46. The van der Waals surface area contributed by atoms with E-state index < -0.39 is 0 Å². The van der Waals surface area contributed by atoms with Crippen LogP contribution < -0.4 is 0 Å². The summed E-state index contributed by atoms with van der Waals surface area (Å²) in [4.78, 5) is 11.0. The molecular formula is C26H17NO2. The Morgan fingerprint density at radius 1 is 0.621 bits per heavy atom. The molecule has 3 nitrogen and oxygen atoms in total. The number of rotatable bonds is 3. The molecule has 0 N–H and O–H groups in total. The number of hydrogen-bond donors (Lipinski definition) is 0. The van der Waals surface area contributed by atoms with Crippen LogP contribution >= 0.6 is 0 Å². The Balaban J connectivity index is 1.61. The molecule has 0 aromatic heterocycles. The van der Waals surface area contributed by atoms with Gasteiger partial charge in [-0.05, 0) is 56.7 Å². The summed E-state index contributed by atoms with van der Waals surface area (Å²) >= 11 is 0. The van der Waals surface area contributed by atoms with E-state index in [0.29, 0.717) is 0 Å². The molecule has 0 heterocycles. The van der Waals surface area contributed by atoms with Crippen LogP contribution in [0, 0.1) is 10.1 Å². The average molecular weight is 375 g/mol. The molecule has 0 radical (unpaired) electrons. The lowest BCUT2D eigenvalue weighted by molar-refractivity contribution is -0.384. The van der Waals surface area contributed by atoms with Crippen LogP contribution in [0.25, 0.3) is 33.9 Å². The summed E-state index contributed by atoms with van der Waals surface area (Å²) in [5.41, 5.74) is 8.71. The van der Waals surface area contributed by atoms with Crippen LogP contribution in [0.1, 0.15) is 16.7 Å². The zero-order valence-corrected chi connectivity index (χ0v) is 15.6. The molecule has 29 heavy (non-hydrogen) atoms. The van der Waals surface area contributed by atoms with Crippen LogP contribution in [-0.2, 0) is 0 Å². The van der Waals surface area contributed by atoms with Crippen molar-refractivity contribution in [2.75, 3.05) is 0 Å². The molecule has 0 spiro atoms. The van der Waals surface area contributed by atoms with E-state index in [9.17, 15) is 10.1 Å². The monoisotopic (exact) mass is 375 g/mol. The molecule has 0 amide bonds. The maximum absolute atomic E-state index is 11.3. The lowest BCUT2D eigenvalue weighted by atomic mass is 9.99. The molecule has 0 unspecified atom stereocenters. The van der Waals surface area contributed by atoms with Crippen LogP contribution in [-0.4, -0.2) is 4.92 Å². The fourth-order valence-corrected chi connectivity index (χ4v) is 3.93. The second-order valence-corrected chi connectivity index (χ2v) is 7.08. The molecule has 138 valence electrons. The van der Waals surface area contributed by atoms with Gasteiger partial charge in [0.05, 0.1) is 4.92 Å². The Bertz CT molecular complexity index is 1260. The first-order valence-corrected chi connectivity index (χ1v) is 9.46. The van der Waals surface area contributed by atoms with E-state index in [4.69, 9.17) is 0 Å². The molecule has 5 rings (SSSR count). The molecule has 0 saturated heterocycles. The van der Waals surface area contributed by atoms with E-state index in [1.54, 1.807) is 12.1 Å². The van der Waals surface area contributed by atoms with Crippen LogP contribution in [0.2, 0.25) is 0 Å². The predicted molar refractivity (Wildman–Crippen MR) is 117 cm³/mol. The number of non-ortho nitro benzene ring substituents is 1. The summed E-state index contributed by atoms with van der Waals surface area (Å²) in [6.45, 7) is 0. The van der Waals surface area contributed by atoms with Gasteiger partial charge in [-0.25, -0.2) is 0 Å². The van der Waals surface area contributed by atoms with Gasteiger partial charge in [0.1, 0.15) is 0 Å². The zero-order valence-electron chi connectivity index (χ0n) is 15.6. The minimum Gasteiger partial charge on any atom is -0.258 e. The van der Waals surface area contributed by atoms with Gasteiger partial charge in [-0.3, -0.25) is 10.1 Å². The maximum atomic E-state index is 11.3. The minimum absolute atomic E-state index is 0.113. The fraction of sp³-hybridized carbons (Fsp3) is 0. The lowest BCUT2D eigenvalue weighted by Crippen LogP contribution is -1.89. The van der Waals surface area contributed by atoms with Crippen molar-refractivity contribution in [3.63, 3.8) is 0 Å². The normalized spacial score (nSPS) is 13.2. The average Bonchev–Trinajstić information content (AvgIpc) is 3.08. The topological polar surface area (TPSA) is 43.1 Å². The van der Waals surface area contributed by atoms with Crippen LogP contribution in [0.3, 0.4) is 0 Å². The highest BCUT2D eigenvalue weighted by Gasteiger charge is 2.25. The molecule has 0 aliphatic heterocycles. The van der Waals surface area contributed by atoms with Crippen molar-refractivity contribution < 1.29 is 4.92 Å². The van der Waals surface area contributed by atoms with E-state index in [1.165, 1.54) is 5.56 Å². The fourth-order valence-electron chi connectivity index (χ4n) is 3.93. The van der Waals surface area contributed by atoms with Crippen LogP contribution in [0.15, 0.2) is 97.1 Å². The summed E-state index contributed by atoms with van der Waals surface area (Å²) in [6.07, 6.45) is 2.11. The highest BCUT2D eigenvalue weighted by atomic mass is 16.6. The molecule has 4 aromatic rings. The van der Waals surface area contributed by atoms with Crippen molar-refractivity contribution in [2.24, 2.45) is 0 Å². The quantitative estimate of drug-likeness (QED) is 0.256. The van der Waals surface area contributed by atoms with Crippen molar-refractivity contribution >= 4 is 17.3 Å². The SMILES string of the molecule is O=[N+]([O-])c1ccc2c(c1)/C(=C/c1ccc(-c3ccccc3)cc1)c1ccccc1-2.